The van der Waals surface area contributed by atoms with E-state index in [4.69, 9.17) is 5.26 Å². The molecule has 0 aliphatic heterocycles. The van der Waals surface area contributed by atoms with E-state index >= 15 is 0 Å². The quantitative estimate of drug-likeness (QED) is 0.846. The van der Waals surface area contributed by atoms with E-state index in [9.17, 15) is 13.2 Å². The predicted molar refractivity (Wildman–Crippen MR) is 70.7 cm³/mol. The van der Waals surface area contributed by atoms with Crippen LogP contribution >= 0.6 is 0 Å². The van der Waals surface area contributed by atoms with Gasteiger partial charge in [0.25, 0.3) is 10.0 Å². The molecule has 1 aromatic rings. The lowest BCUT2D eigenvalue weighted by Gasteiger charge is -2.25. The molecule has 0 saturated carbocycles. The van der Waals surface area contributed by atoms with Crippen LogP contribution in [0.4, 0.5) is 0 Å². The molecule has 1 amide bonds. The summed E-state index contributed by atoms with van der Waals surface area (Å²) in [6, 6.07) is 5.94. The number of sulfonamides is 1. The Labute approximate surface area is 113 Å². The van der Waals surface area contributed by atoms with Crippen LogP contribution in [0.2, 0.25) is 0 Å². The van der Waals surface area contributed by atoms with Gasteiger partial charge in [-0.15, -0.1) is 0 Å². The van der Waals surface area contributed by atoms with E-state index in [0.717, 1.165) is 4.31 Å². The van der Waals surface area contributed by atoms with Crippen molar-refractivity contribution in [2.45, 2.75) is 38.6 Å². The van der Waals surface area contributed by atoms with Gasteiger partial charge in [0.15, 0.2) is 0 Å². The number of rotatable bonds is 3. The summed E-state index contributed by atoms with van der Waals surface area (Å²) in [5, 5.41) is 9.10. The van der Waals surface area contributed by atoms with Gasteiger partial charge in [-0.2, -0.15) is 5.26 Å². The van der Waals surface area contributed by atoms with Crippen molar-refractivity contribution in [1.29, 1.82) is 5.26 Å². The van der Waals surface area contributed by atoms with Crippen molar-refractivity contribution in [3.05, 3.63) is 29.3 Å². The van der Waals surface area contributed by atoms with Gasteiger partial charge in [-0.3, -0.25) is 4.79 Å². The average Bonchev–Trinajstić information content (AvgIpc) is 2.26. The molecule has 1 rings (SSSR count). The lowest BCUT2D eigenvalue weighted by molar-refractivity contribution is -0.125. The summed E-state index contributed by atoms with van der Waals surface area (Å²) in [6.45, 7) is 6.08. The number of benzene rings is 1. The van der Waals surface area contributed by atoms with Crippen LogP contribution in [-0.2, 0) is 14.8 Å². The molecule has 0 aliphatic rings. The highest BCUT2D eigenvalue weighted by molar-refractivity contribution is 7.89. The summed E-state index contributed by atoms with van der Waals surface area (Å²) in [4.78, 5) is 11.4. The molecular weight excluding hydrogens is 264 g/mol. The third-order valence-corrected chi connectivity index (χ3v) is 4.76. The van der Waals surface area contributed by atoms with Gasteiger partial charge in [0.1, 0.15) is 11.0 Å². The molecule has 0 atom stereocenters. The molecule has 6 heteroatoms. The minimum absolute atomic E-state index is 0.0781. The number of hydrogen-bond donors (Lipinski definition) is 0. The van der Waals surface area contributed by atoms with Crippen LogP contribution in [0.3, 0.4) is 0 Å². The van der Waals surface area contributed by atoms with Gasteiger partial charge in [-0.05, 0) is 32.4 Å². The average molecular weight is 280 g/mol. The second-order valence-corrected chi connectivity index (χ2v) is 6.26. The number of carbonyl (C=O) groups excluding carboxylic acids is 1. The minimum atomic E-state index is -4.00. The topological polar surface area (TPSA) is 78.2 Å². The van der Waals surface area contributed by atoms with E-state index in [1.165, 1.54) is 13.0 Å². The Hall–Kier alpha value is -1.87. The van der Waals surface area contributed by atoms with E-state index in [0.29, 0.717) is 5.56 Å². The smallest absolute Gasteiger partial charge is 0.268 e. The third kappa shape index (κ3) is 2.76. The van der Waals surface area contributed by atoms with E-state index in [1.807, 2.05) is 6.07 Å². The fraction of sp³-hybridized carbons (Fsp3) is 0.385. The largest absolute Gasteiger partial charge is 0.274 e. The zero-order chi connectivity index (χ0) is 14.8. The van der Waals surface area contributed by atoms with Crippen LogP contribution in [0.5, 0.6) is 0 Å². The van der Waals surface area contributed by atoms with Gasteiger partial charge in [0, 0.05) is 13.0 Å². The summed E-state index contributed by atoms with van der Waals surface area (Å²) in [5.74, 6) is -0.569. The van der Waals surface area contributed by atoms with E-state index in [2.05, 4.69) is 0 Å². The van der Waals surface area contributed by atoms with Gasteiger partial charge >= 0.3 is 0 Å². The van der Waals surface area contributed by atoms with Gasteiger partial charge in [0.2, 0.25) is 5.91 Å². The fourth-order valence-corrected chi connectivity index (χ4v) is 3.74. The molecule has 0 aromatic heterocycles. The van der Waals surface area contributed by atoms with Gasteiger partial charge < -0.3 is 0 Å². The lowest BCUT2D eigenvalue weighted by atomic mass is 10.1. The maximum absolute atomic E-state index is 12.5. The van der Waals surface area contributed by atoms with Crippen molar-refractivity contribution in [2.24, 2.45) is 0 Å². The highest BCUT2D eigenvalue weighted by atomic mass is 32.2. The molecule has 0 unspecified atom stereocenters. The molecule has 0 spiro atoms. The van der Waals surface area contributed by atoms with Crippen LogP contribution in [0.1, 0.15) is 31.9 Å². The Bertz CT molecular complexity index is 642. The molecule has 0 saturated heterocycles. The molecule has 1 aromatic carbocycles. The van der Waals surface area contributed by atoms with Crippen LogP contribution in [-0.4, -0.2) is 24.7 Å². The number of nitriles is 1. The highest BCUT2D eigenvalue weighted by Crippen LogP contribution is 2.24. The van der Waals surface area contributed by atoms with Crippen molar-refractivity contribution in [3.8, 4) is 6.07 Å². The number of nitrogens with zero attached hydrogens (tertiary/aromatic N) is 2. The molecular formula is C13H16N2O3S. The minimum Gasteiger partial charge on any atom is -0.274 e. The standard InChI is InChI=1S/C13H16N2O3S/c1-9(2)15(11(4)16)19(17,18)13-7-5-6-10(3)12(13)8-14/h5-7,9H,1-4H3. The molecule has 0 N–H and O–H groups in total. The van der Waals surface area contributed by atoms with Gasteiger partial charge in [0.05, 0.1) is 5.56 Å². The molecule has 0 bridgehead atoms. The van der Waals surface area contributed by atoms with Gasteiger partial charge in [-0.25, -0.2) is 12.7 Å². The molecule has 0 fully saturated rings. The second kappa shape index (κ2) is 5.41. The number of aryl methyl sites for hydroxylation is 1. The monoisotopic (exact) mass is 280 g/mol. The zero-order valence-corrected chi connectivity index (χ0v) is 12.2. The van der Waals surface area contributed by atoms with Crippen molar-refractivity contribution >= 4 is 15.9 Å². The lowest BCUT2D eigenvalue weighted by Crippen LogP contribution is -2.40. The Kier molecular flexibility index (Phi) is 4.32. The Balaban J connectivity index is 3.57. The first-order chi connectivity index (χ1) is 8.73. The predicted octanol–water partition coefficient (Wildman–Crippen LogP) is 1.81. The fourth-order valence-electron chi connectivity index (χ4n) is 1.92. The van der Waals surface area contributed by atoms with E-state index in [-0.39, 0.29) is 10.5 Å². The molecule has 0 heterocycles. The van der Waals surface area contributed by atoms with Crippen molar-refractivity contribution in [1.82, 2.24) is 4.31 Å². The van der Waals surface area contributed by atoms with Crippen LogP contribution in [0.15, 0.2) is 23.1 Å². The molecule has 5 nitrogen and oxygen atoms in total. The Morgan fingerprint density at radius 1 is 1.37 bits per heavy atom. The normalized spacial score (nSPS) is 11.2. The van der Waals surface area contributed by atoms with Crippen LogP contribution in [0, 0.1) is 18.3 Å². The third-order valence-electron chi connectivity index (χ3n) is 2.66. The van der Waals surface area contributed by atoms with Crippen molar-refractivity contribution in [3.63, 3.8) is 0 Å². The maximum Gasteiger partial charge on any atom is 0.268 e. The maximum atomic E-state index is 12.5. The summed E-state index contributed by atoms with van der Waals surface area (Å²) < 4.78 is 25.8. The van der Waals surface area contributed by atoms with Crippen molar-refractivity contribution in [2.75, 3.05) is 0 Å². The molecule has 0 radical (unpaired) electrons. The van der Waals surface area contributed by atoms with E-state index in [1.54, 1.807) is 32.9 Å². The first-order valence-electron chi connectivity index (χ1n) is 5.78. The first-order valence-corrected chi connectivity index (χ1v) is 7.22. The molecule has 19 heavy (non-hydrogen) atoms. The summed E-state index contributed by atoms with van der Waals surface area (Å²) >= 11 is 0. The van der Waals surface area contributed by atoms with Crippen LogP contribution < -0.4 is 0 Å². The number of carbonyl (C=O) groups is 1. The summed E-state index contributed by atoms with van der Waals surface area (Å²) in [7, 11) is -4.00. The first kappa shape index (κ1) is 15.2. The second-order valence-electron chi connectivity index (χ2n) is 4.47. The SMILES string of the molecule is CC(=O)N(C(C)C)S(=O)(=O)c1cccc(C)c1C#N. The molecule has 0 aliphatic carbocycles. The van der Waals surface area contributed by atoms with E-state index < -0.39 is 22.0 Å². The van der Waals surface area contributed by atoms with Crippen molar-refractivity contribution < 1.29 is 13.2 Å². The Morgan fingerprint density at radius 2 is 1.95 bits per heavy atom. The summed E-state index contributed by atoms with van der Waals surface area (Å²) in [6.07, 6.45) is 0. The highest BCUT2D eigenvalue weighted by Gasteiger charge is 2.31. The van der Waals surface area contributed by atoms with Crippen LogP contribution in [0.25, 0.3) is 0 Å². The zero-order valence-electron chi connectivity index (χ0n) is 11.3. The summed E-state index contributed by atoms with van der Waals surface area (Å²) in [5.41, 5.74) is 0.644. The number of hydrogen-bond acceptors (Lipinski definition) is 4. The molecule has 102 valence electrons. The van der Waals surface area contributed by atoms with Gasteiger partial charge in [-0.1, -0.05) is 12.1 Å². The Morgan fingerprint density at radius 3 is 2.37 bits per heavy atom. The number of amides is 1.